The fourth-order valence-electron chi connectivity index (χ4n) is 5.05. The molecule has 0 fully saturated rings. The molecule has 1 aliphatic rings. The summed E-state index contributed by atoms with van der Waals surface area (Å²) in [7, 11) is 1.27. The van der Waals surface area contributed by atoms with E-state index in [9.17, 15) is 14.7 Å². The number of benzene rings is 3. The molecule has 0 radical (unpaired) electrons. The Labute approximate surface area is 290 Å². The Balaban J connectivity index is 1.44. The first-order chi connectivity index (χ1) is 23.7. The molecule has 0 unspecified atom stereocenters. The van der Waals surface area contributed by atoms with Crippen molar-refractivity contribution < 1.29 is 38.4 Å². The Bertz CT molecular complexity index is 1690. The van der Waals surface area contributed by atoms with Crippen molar-refractivity contribution >= 4 is 29.8 Å². The fraction of sp³-hybridized carbons (Fsp3) is 0.306. The minimum atomic E-state index is -1.17. The van der Waals surface area contributed by atoms with E-state index in [-0.39, 0.29) is 12.2 Å². The number of urea groups is 1. The molecule has 4 N–H and O–H groups in total. The number of ether oxygens (including phenoxy) is 5. The lowest BCUT2D eigenvalue weighted by molar-refractivity contribution is -0.136. The SMILES string of the molecule is C=CCc1cc(/C=N\N[C@@H](O)COc2ccc([C@H]3NC(=O)NC(C)=C3C(=O)OC)cc2OCC)cc(OCC)c1OCc1ccc(Cl)cc1. The van der Waals surface area contributed by atoms with Crippen molar-refractivity contribution in [1.29, 1.82) is 0 Å². The molecule has 49 heavy (non-hydrogen) atoms. The number of allylic oxidation sites excluding steroid dienone is 2. The van der Waals surface area contributed by atoms with Crippen LogP contribution in [-0.4, -0.2) is 56.5 Å². The van der Waals surface area contributed by atoms with Gasteiger partial charge in [0.25, 0.3) is 0 Å². The van der Waals surface area contributed by atoms with Gasteiger partial charge in [0.05, 0.1) is 38.2 Å². The number of nitrogens with one attached hydrogen (secondary N) is 3. The molecule has 1 aliphatic heterocycles. The fourth-order valence-corrected chi connectivity index (χ4v) is 5.17. The highest BCUT2D eigenvalue weighted by Gasteiger charge is 2.32. The molecule has 0 aliphatic carbocycles. The Morgan fingerprint density at radius 2 is 1.78 bits per heavy atom. The van der Waals surface area contributed by atoms with Gasteiger partial charge >= 0.3 is 12.0 Å². The van der Waals surface area contributed by atoms with Crippen molar-refractivity contribution in [3.05, 3.63) is 106 Å². The topological polar surface area (TPSA) is 149 Å². The second-order valence-electron chi connectivity index (χ2n) is 10.8. The summed E-state index contributed by atoms with van der Waals surface area (Å²) in [6.07, 6.45) is 2.70. The van der Waals surface area contributed by atoms with Crippen molar-refractivity contribution in [2.24, 2.45) is 5.10 Å². The first kappa shape index (κ1) is 36.6. The molecule has 0 saturated carbocycles. The molecular weight excluding hydrogens is 652 g/mol. The van der Waals surface area contributed by atoms with Gasteiger partial charge in [-0.05, 0) is 80.3 Å². The monoisotopic (exact) mass is 692 g/mol. The quantitative estimate of drug-likeness (QED) is 0.0469. The van der Waals surface area contributed by atoms with Crippen molar-refractivity contribution in [2.75, 3.05) is 26.9 Å². The number of carbonyl (C=O) groups is 2. The van der Waals surface area contributed by atoms with Crippen LogP contribution in [0, 0.1) is 0 Å². The summed E-state index contributed by atoms with van der Waals surface area (Å²) in [5, 5.41) is 20.8. The number of halogens is 1. The van der Waals surface area contributed by atoms with Gasteiger partial charge in [0.15, 0.2) is 29.2 Å². The van der Waals surface area contributed by atoms with Gasteiger partial charge in [-0.1, -0.05) is 35.9 Å². The number of aliphatic hydroxyl groups excluding tert-OH is 1. The summed E-state index contributed by atoms with van der Waals surface area (Å²) in [4.78, 5) is 24.7. The summed E-state index contributed by atoms with van der Waals surface area (Å²) in [5.41, 5.74) is 6.43. The van der Waals surface area contributed by atoms with Gasteiger partial charge in [-0.15, -0.1) is 6.58 Å². The van der Waals surface area contributed by atoms with Crippen LogP contribution in [0.25, 0.3) is 0 Å². The molecule has 2 atom stereocenters. The van der Waals surface area contributed by atoms with Crippen LogP contribution in [0.1, 0.15) is 49.1 Å². The van der Waals surface area contributed by atoms with E-state index in [0.717, 1.165) is 16.7 Å². The van der Waals surface area contributed by atoms with E-state index in [1.807, 2.05) is 50.2 Å². The van der Waals surface area contributed by atoms with Crippen molar-refractivity contribution in [2.45, 2.75) is 46.1 Å². The van der Waals surface area contributed by atoms with Crippen LogP contribution in [0.3, 0.4) is 0 Å². The highest BCUT2D eigenvalue weighted by atomic mass is 35.5. The zero-order chi connectivity index (χ0) is 35.3. The zero-order valence-corrected chi connectivity index (χ0v) is 28.6. The summed E-state index contributed by atoms with van der Waals surface area (Å²) in [5.74, 6) is 1.30. The predicted molar refractivity (Wildman–Crippen MR) is 186 cm³/mol. The van der Waals surface area contributed by atoms with E-state index in [4.69, 9.17) is 35.3 Å². The maximum Gasteiger partial charge on any atom is 0.337 e. The van der Waals surface area contributed by atoms with E-state index in [0.29, 0.717) is 65.5 Å². The Kier molecular flexibility index (Phi) is 13.3. The largest absolute Gasteiger partial charge is 0.490 e. The maximum absolute atomic E-state index is 12.5. The third-order valence-electron chi connectivity index (χ3n) is 7.22. The van der Waals surface area contributed by atoms with Crippen LogP contribution in [0.5, 0.6) is 23.0 Å². The molecule has 3 aromatic rings. The second kappa shape index (κ2) is 17.8. The van der Waals surface area contributed by atoms with Crippen molar-refractivity contribution in [3.8, 4) is 23.0 Å². The molecule has 0 saturated heterocycles. The van der Waals surface area contributed by atoms with Crippen LogP contribution >= 0.6 is 11.6 Å². The van der Waals surface area contributed by atoms with Crippen LogP contribution < -0.4 is 35.0 Å². The molecule has 12 nitrogen and oxygen atoms in total. The summed E-state index contributed by atoms with van der Waals surface area (Å²) in [6.45, 7) is 10.1. The van der Waals surface area contributed by atoms with E-state index >= 15 is 0 Å². The summed E-state index contributed by atoms with van der Waals surface area (Å²) in [6, 6.07) is 14.9. The normalized spacial score (nSPS) is 14.8. The molecule has 260 valence electrons. The van der Waals surface area contributed by atoms with Gasteiger partial charge in [-0.25, -0.2) is 9.59 Å². The first-order valence-corrected chi connectivity index (χ1v) is 16.1. The standard InChI is InChI=1S/C36H41ClN4O8/c1-6-9-26-16-24(17-30(47-8-3)34(26)49-20-23-10-13-27(37)14-11-23)19-38-41-31(42)21-48-28-15-12-25(18-29(28)46-7-2)33-32(35(43)45-5)22(4)39-36(44)40-33/h6,10-19,31,33,41-42H,1,7-9,20-21H2,2-5H3,(H2,39,40,44)/b38-19-/t31-,33+/m0/s1. The molecular formula is C36H41ClN4O8. The molecule has 0 aromatic heterocycles. The van der Waals surface area contributed by atoms with E-state index in [1.165, 1.54) is 7.11 Å². The van der Waals surface area contributed by atoms with E-state index in [1.54, 1.807) is 37.4 Å². The number of carbonyl (C=O) groups excluding carboxylic acids is 2. The number of amides is 2. The number of methoxy groups -OCH3 is 1. The summed E-state index contributed by atoms with van der Waals surface area (Å²) >= 11 is 6.01. The smallest absolute Gasteiger partial charge is 0.337 e. The minimum Gasteiger partial charge on any atom is -0.490 e. The number of esters is 1. The Morgan fingerprint density at radius 3 is 2.47 bits per heavy atom. The van der Waals surface area contributed by atoms with Gasteiger partial charge in [0.1, 0.15) is 13.2 Å². The lowest BCUT2D eigenvalue weighted by Crippen LogP contribution is -2.45. The van der Waals surface area contributed by atoms with Crippen LogP contribution in [0.2, 0.25) is 5.02 Å². The molecule has 0 spiro atoms. The average Bonchev–Trinajstić information content (AvgIpc) is 3.08. The number of rotatable bonds is 17. The number of hydrogen-bond donors (Lipinski definition) is 4. The lowest BCUT2D eigenvalue weighted by atomic mass is 9.95. The molecule has 0 bridgehead atoms. The maximum atomic E-state index is 12.5. The molecule has 3 aromatic carbocycles. The number of nitrogens with zero attached hydrogens (tertiary/aromatic N) is 1. The van der Waals surface area contributed by atoms with E-state index in [2.05, 4.69) is 27.7 Å². The van der Waals surface area contributed by atoms with Crippen LogP contribution in [-0.2, 0) is 22.6 Å². The third kappa shape index (κ3) is 9.91. The third-order valence-corrected chi connectivity index (χ3v) is 7.48. The van der Waals surface area contributed by atoms with E-state index < -0.39 is 24.3 Å². The minimum absolute atomic E-state index is 0.170. The van der Waals surface area contributed by atoms with Crippen LogP contribution in [0.4, 0.5) is 4.79 Å². The predicted octanol–water partition coefficient (Wildman–Crippen LogP) is 5.57. The lowest BCUT2D eigenvalue weighted by Gasteiger charge is -2.28. The highest BCUT2D eigenvalue weighted by molar-refractivity contribution is 6.30. The van der Waals surface area contributed by atoms with Gasteiger partial charge in [-0.2, -0.15) is 5.10 Å². The number of aliphatic hydroxyl groups is 1. The van der Waals surface area contributed by atoms with Crippen LogP contribution in [0.15, 0.2) is 83.6 Å². The van der Waals surface area contributed by atoms with Gasteiger partial charge in [0.2, 0.25) is 0 Å². The number of hydrazone groups is 1. The van der Waals surface area contributed by atoms with Gasteiger partial charge in [0, 0.05) is 16.3 Å². The van der Waals surface area contributed by atoms with Crippen molar-refractivity contribution in [1.82, 2.24) is 16.1 Å². The first-order valence-electron chi connectivity index (χ1n) is 15.7. The zero-order valence-electron chi connectivity index (χ0n) is 27.9. The molecule has 1 heterocycles. The molecule has 2 amide bonds. The van der Waals surface area contributed by atoms with Gasteiger partial charge < -0.3 is 39.4 Å². The molecule has 4 rings (SSSR count). The average molecular weight is 693 g/mol. The Morgan fingerprint density at radius 1 is 1.04 bits per heavy atom. The highest BCUT2D eigenvalue weighted by Crippen LogP contribution is 2.36. The molecule has 13 heteroatoms. The number of hydrogen-bond acceptors (Lipinski definition) is 10. The summed E-state index contributed by atoms with van der Waals surface area (Å²) < 4.78 is 28.7. The second-order valence-corrected chi connectivity index (χ2v) is 11.2. The van der Waals surface area contributed by atoms with Gasteiger partial charge in [-0.3, -0.25) is 5.43 Å². The van der Waals surface area contributed by atoms with Crippen molar-refractivity contribution in [3.63, 3.8) is 0 Å². The Hall–Kier alpha value is -5.20.